The highest BCUT2D eigenvalue weighted by atomic mass is 35.5. The first-order valence-electron chi connectivity index (χ1n) is 7.71. The number of halogens is 1. The van der Waals surface area contributed by atoms with Gasteiger partial charge in [0.15, 0.2) is 0 Å². The Kier molecular flexibility index (Phi) is 4.77. The van der Waals surface area contributed by atoms with Gasteiger partial charge in [-0.2, -0.15) is 0 Å². The van der Waals surface area contributed by atoms with Crippen LogP contribution in [0.15, 0.2) is 60.2 Å². The average Bonchev–Trinajstić information content (AvgIpc) is 2.87. The molecule has 1 amide bonds. The van der Waals surface area contributed by atoms with E-state index in [2.05, 4.69) is 0 Å². The lowest BCUT2D eigenvalue weighted by molar-refractivity contribution is -0.146. The van der Waals surface area contributed by atoms with Crippen LogP contribution in [0.1, 0.15) is 17.2 Å². The number of amides is 1. The van der Waals surface area contributed by atoms with Gasteiger partial charge in [0.05, 0.1) is 11.6 Å². The number of carboxylic acids is 1. The van der Waals surface area contributed by atoms with Gasteiger partial charge in [0, 0.05) is 10.6 Å². The molecule has 0 saturated carbocycles. The van der Waals surface area contributed by atoms with Gasteiger partial charge in [-0.1, -0.05) is 54.1 Å². The van der Waals surface area contributed by atoms with Gasteiger partial charge in [-0.15, -0.1) is 0 Å². The second kappa shape index (κ2) is 7.01. The van der Waals surface area contributed by atoms with E-state index in [1.54, 1.807) is 54.6 Å². The summed E-state index contributed by atoms with van der Waals surface area (Å²) in [6.07, 6.45) is 0. The minimum absolute atomic E-state index is 0.148. The number of carbonyl (C=O) groups excluding carboxylic acids is 2. The molecule has 26 heavy (non-hydrogen) atoms. The van der Waals surface area contributed by atoms with Crippen LogP contribution in [0.4, 0.5) is 0 Å². The topological polar surface area (TPSA) is 94.9 Å². The molecule has 132 valence electrons. The molecule has 1 unspecified atom stereocenters. The SMILES string of the molecule is O=C(O)CN1C(=O)C(=O)/C(=C(\O)c2ccccc2)C1c1ccc(Cl)cc1. The van der Waals surface area contributed by atoms with Crippen molar-refractivity contribution < 1.29 is 24.6 Å². The maximum Gasteiger partial charge on any atom is 0.323 e. The smallest absolute Gasteiger partial charge is 0.323 e. The molecule has 2 aromatic carbocycles. The minimum Gasteiger partial charge on any atom is -0.507 e. The van der Waals surface area contributed by atoms with Crippen LogP contribution in [-0.4, -0.2) is 39.3 Å². The maximum atomic E-state index is 12.5. The molecule has 0 aliphatic carbocycles. The summed E-state index contributed by atoms with van der Waals surface area (Å²) in [5.74, 6) is -3.50. The third kappa shape index (κ3) is 3.19. The lowest BCUT2D eigenvalue weighted by Crippen LogP contribution is -2.34. The monoisotopic (exact) mass is 371 g/mol. The Hall–Kier alpha value is -3.12. The van der Waals surface area contributed by atoms with Crippen molar-refractivity contribution in [1.82, 2.24) is 4.90 Å². The predicted octanol–water partition coefficient (Wildman–Crippen LogP) is 2.85. The first kappa shape index (κ1) is 17.7. The number of hydrogen-bond donors (Lipinski definition) is 2. The summed E-state index contributed by atoms with van der Waals surface area (Å²) in [7, 11) is 0. The van der Waals surface area contributed by atoms with Crippen molar-refractivity contribution in [3.8, 4) is 0 Å². The van der Waals surface area contributed by atoms with Crippen LogP contribution >= 0.6 is 11.6 Å². The summed E-state index contributed by atoms with van der Waals surface area (Å²) in [6, 6.07) is 13.6. The number of rotatable bonds is 4. The lowest BCUT2D eigenvalue weighted by atomic mass is 9.95. The van der Waals surface area contributed by atoms with E-state index in [1.165, 1.54) is 0 Å². The normalized spacial score (nSPS) is 19.0. The highest BCUT2D eigenvalue weighted by Crippen LogP contribution is 2.39. The number of nitrogens with zero attached hydrogens (tertiary/aromatic N) is 1. The summed E-state index contributed by atoms with van der Waals surface area (Å²) in [5, 5.41) is 20.2. The molecule has 0 spiro atoms. The van der Waals surface area contributed by atoms with Crippen molar-refractivity contribution in [3.05, 3.63) is 76.3 Å². The molecule has 1 heterocycles. The minimum atomic E-state index is -1.26. The number of ketones is 1. The summed E-state index contributed by atoms with van der Waals surface area (Å²) in [6.45, 7) is -0.663. The van der Waals surface area contributed by atoms with Crippen molar-refractivity contribution in [1.29, 1.82) is 0 Å². The van der Waals surface area contributed by atoms with E-state index in [1.807, 2.05) is 0 Å². The molecule has 6 nitrogen and oxygen atoms in total. The van der Waals surface area contributed by atoms with Crippen LogP contribution in [0.5, 0.6) is 0 Å². The Labute approximate surface area is 153 Å². The van der Waals surface area contributed by atoms with Gasteiger partial charge in [-0.3, -0.25) is 14.4 Å². The Morgan fingerprint density at radius 3 is 2.19 bits per heavy atom. The molecule has 0 aromatic heterocycles. The fourth-order valence-electron chi connectivity index (χ4n) is 2.93. The lowest BCUT2D eigenvalue weighted by Gasteiger charge is -2.23. The van der Waals surface area contributed by atoms with Crippen molar-refractivity contribution in [3.63, 3.8) is 0 Å². The van der Waals surface area contributed by atoms with Crippen molar-refractivity contribution in [2.75, 3.05) is 6.54 Å². The molecule has 1 atom stereocenters. The molecular formula is C19H14ClNO5. The van der Waals surface area contributed by atoms with Gasteiger partial charge >= 0.3 is 5.97 Å². The van der Waals surface area contributed by atoms with Crippen LogP contribution < -0.4 is 0 Å². The molecule has 1 fully saturated rings. The Bertz CT molecular complexity index is 905. The van der Waals surface area contributed by atoms with Gasteiger partial charge in [0.2, 0.25) is 0 Å². The number of Topliss-reactive ketones (excluding diaryl/α,β-unsaturated/α-hetero) is 1. The Morgan fingerprint density at radius 2 is 1.62 bits per heavy atom. The molecule has 3 rings (SSSR count). The standard InChI is InChI=1S/C19H14ClNO5/c20-13-8-6-11(7-9-13)16-15(17(24)12-4-2-1-3-5-12)18(25)19(26)21(16)10-14(22)23/h1-9,16,24H,10H2,(H,22,23)/b17-15-. The number of aliphatic hydroxyl groups excluding tert-OH is 1. The van der Waals surface area contributed by atoms with Gasteiger partial charge < -0.3 is 15.1 Å². The van der Waals surface area contributed by atoms with E-state index >= 15 is 0 Å². The van der Waals surface area contributed by atoms with E-state index in [-0.39, 0.29) is 11.3 Å². The molecule has 2 N–H and O–H groups in total. The van der Waals surface area contributed by atoms with E-state index in [0.29, 0.717) is 16.1 Å². The van der Waals surface area contributed by atoms with Crippen molar-refractivity contribution in [2.24, 2.45) is 0 Å². The number of aliphatic hydroxyl groups is 1. The van der Waals surface area contributed by atoms with E-state index < -0.39 is 30.2 Å². The summed E-state index contributed by atoms with van der Waals surface area (Å²) >= 11 is 5.89. The zero-order chi connectivity index (χ0) is 18.8. The maximum absolute atomic E-state index is 12.5. The van der Waals surface area contributed by atoms with Crippen LogP contribution in [0.25, 0.3) is 5.76 Å². The predicted molar refractivity (Wildman–Crippen MR) is 94.5 cm³/mol. The first-order valence-corrected chi connectivity index (χ1v) is 8.09. The molecule has 0 radical (unpaired) electrons. The molecule has 1 saturated heterocycles. The van der Waals surface area contributed by atoms with E-state index in [0.717, 1.165) is 4.90 Å². The van der Waals surface area contributed by atoms with Crippen LogP contribution in [0.3, 0.4) is 0 Å². The van der Waals surface area contributed by atoms with Gasteiger partial charge in [-0.25, -0.2) is 0 Å². The second-order valence-electron chi connectivity index (χ2n) is 5.74. The molecule has 7 heteroatoms. The quantitative estimate of drug-likeness (QED) is 0.489. The van der Waals surface area contributed by atoms with E-state index in [4.69, 9.17) is 16.7 Å². The summed E-state index contributed by atoms with van der Waals surface area (Å²) < 4.78 is 0. The molecule has 1 aliphatic rings. The van der Waals surface area contributed by atoms with Crippen molar-refractivity contribution >= 4 is 35.0 Å². The fraction of sp³-hybridized carbons (Fsp3) is 0.105. The van der Waals surface area contributed by atoms with Crippen LogP contribution in [0.2, 0.25) is 5.02 Å². The third-order valence-corrected chi connectivity index (χ3v) is 4.33. The van der Waals surface area contributed by atoms with Gasteiger partial charge in [0.25, 0.3) is 11.7 Å². The largest absolute Gasteiger partial charge is 0.507 e. The first-order chi connectivity index (χ1) is 12.4. The Morgan fingerprint density at radius 1 is 1.00 bits per heavy atom. The number of hydrogen-bond acceptors (Lipinski definition) is 4. The molecule has 1 aliphatic heterocycles. The molecular weight excluding hydrogens is 358 g/mol. The Balaban J connectivity index is 2.19. The van der Waals surface area contributed by atoms with Gasteiger partial charge in [0.1, 0.15) is 12.3 Å². The summed E-state index contributed by atoms with van der Waals surface area (Å²) in [4.78, 5) is 37.0. The third-order valence-electron chi connectivity index (χ3n) is 4.08. The number of carbonyl (C=O) groups is 3. The molecule has 2 aromatic rings. The van der Waals surface area contributed by atoms with E-state index in [9.17, 15) is 19.5 Å². The number of likely N-dealkylation sites (tertiary alicyclic amines) is 1. The number of benzene rings is 2. The van der Waals surface area contributed by atoms with Crippen LogP contribution in [0, 0.1) is 0 Å². The zero-order valence-corrected chi connectivity index (χ0v) is 14.2. The number of carboxylic acid groups (broad SMARTS) is 1. The highest BCUT2D eigenvalue weighted by molar-refractivity contribution is 6.46. The number of aliphatic carboxylic acids is 1. The molecule has 0 bridgehead atoms. The van der Waals surface area contributed by atoms with Crippen molar-refractivity contribution in [2.45, 2.75) is 6.04 Å². The van der Waals surface area contributed by atoms with Crippen LogP contribution in [-0.2, 0) is 14.4 Å². The second-order valence-corrected chi connectivity index (χ2v) is 6.17. The average molecular weight is 372 g/mol. The fourth-order valence-corrected chi connectivity index (χ4v) is 3.06. The summed E-state index contributed by atoms with van der Waals surface area (Å²) in [5.41, 5.74) is 0.692. The highest BCUT2D eigenvalue weighted by Gasteiger charge is 2.46. The van der Waals surface area contributed by atoms with Gasteiger partial charge in [-0.05, 0) is 17.7 Å². The zero-order valence-electron chi connectivity index (χ0n) is 13.4.